The van der Waals surface area contributed by atoms with Crippen molar-refractivity contribution in [2.24, 2.45) is 0 Å². The highest BCUT2D eigenvalue weighted by Gasteiger charge is 2.12. The number of nitriles is 1. The van der Waals surface area contributed by atoms with E-state index in [0.717, 1.165) is 12.3 Å². The molecular weight excluding hydrogens is 419 g/mol. The molecule has 0 spiro atoms. The molecule has 3 rings (SSSR count). The summed E-state index contributed by atoms with van der Waals surface area (Å²) in [4.78, 5) is 8.21. The second-order valence-corrected chi connectivity index (χ2v) is 8.02. The molecule has 29 heavy (non-hydrogen) atoms. The summed E-state index contributed by atoms with van der Waals surface area (Å²) in [6, 6.07) is 12.4. The second kappa shape index (κ2) is 8.30. The van der Waals surface area contributed by atoms with Gasteiger partial charge in [0.15, 0.2) is 5.82 Å². The maximum absolute atomic E-state index is 14.1. The largest absolute Gasteiger partial charge is 0.337 e. The normalized spacial score (nSPS) is 10.8. The van der Waals surface area contributed by atoms with E-state index in [9.17, 15) is 12.8 Å². The van der Waals surface area contributed by atoms with Gasteiger partial charge < -0.3 is 10.6 Å². The molecule has 1 heterocycles. The van der Waals surface area contributed by atoms with Crippen LogP contribution in [0, 0.1) is 17.1 Å². The van der Waals surface area contributed by atoms with Gasteiger partial charge in [0.05, 0.1) is 41.1 Å². The van der Waals surface area contributed by atoms with Crippen LogP contribution in [0.5, 0.6) is 0 Å². The van der Waals surface area contributed by atoms with Crippen molar-refractivity contribution in [3.8, 4) is 6.07 Å². The molecule has 1 aromatic heterocycles. The number of anilines is 5. The Morgan fingerprint density at radius 2 is 1.83 bits per heavy atom. The zero-order valence-corrected chi connectivity index (χ0v) is 16.5. The topological polar surface area (TPSA) is 120 Å². The fraction of sp³-hybridized carbons (Fsp3) is 0.0556. The number of rotatable bonds is 6. The quantitative estimate of drug-likeness (QED) is 0.538. The predicted octanol–water partition coefficient (Wildman–Crippen LogP) is 4.00. The molecule has 0 aliphatic rings. The number of nitrogens with zero attached hydrogens (tertiary/aromatic N) is 3. The van der Waals surface area contributed by atoms with Gasteiger partial charge in [0, 0.05) is 0 Å². The van der Waals surface area contributed by atoms with Crippen molar-refractivity contribution in [1.29, 1.82) is 5.26 Å². The predicted molar refractivity (Wildman–Crippen MR) is 110 cm³/mol. The first-order chi connectivity index (χ1) is 13.7. The van der Waals surface area contributed by atoms with Crippen molar-refractivity contribution in [1.82, 2.24) is 9.97 Å². The number of para-hydroxylation sites is 2. The van der Waals surface area contributed by atoms with E-state index in [-0.39, 0.29) is 28.0 Å². The molecule has 0 saturated heterocycles. The molecule has 0 fully saturated rings. The van der Waals surface area contributed by atoms with Crippen LogP contribution in [-0.4, -0.2) is 24.6 Å². The molecule has 0 aliphatic heterocycles. The Labute approximate surface area is 171 Å². The van der Waals surface area contributed by atoms with E-state index in [2.05, 4.69) is 25.3 Å². The zero-order chi connectivity index (χ0) is 21.0. The Morgan fingerprint density at radius 3 is 2.48 bits per heavy atom. The van der Waals surface area contributed by atoms with Gasteiger partial charge in [0.2, 0.25) is 16.0 Å². The number of sulfonamides is 1. The molecule has 11 heteroatoms. The lowest BCUT2D eigenvalue weighted by atomic mass is 10.2. The van der Waals surface area contributed by atoms with Gasteiger partial charge in [0.25, 0.3) is 0 Å². The van der Waals surface area contributed by atoms with Crippen molar-refractivity contribution in [2.75, 3.05) is 21.6 Å². The Bertz CT molecular complexity index is 1210. The summed E-state index contributed by atoms with van der Waals surface area (Å²) >= 11 is 6.14. The number of aromatic nitrogens is 2. The standard InChI is InChI=1S/C18H14ClFN6O2S/c1-29(27,28)26-16-5-3-2-4-15(16)23-17-12(19)10-22-18(25-17)24-14-7-6-11(9-21)8-13(14)20/h2-8,10,26H,1H3,(H2,22,23,24,25). The highest BCUT2D eigenvalue weighted by molar-refractivity contribution is 7.92. The molecular formula is C18H14ClFN6O2S. The summed E-state index contributed by atoms with van der Waals surface area (Å²) in [5, 5.41) is 14.6. The molecule has 3 aromatic rings. The van der Waals surface area contributed by atoms with E-state index in [1.165, 1.54) is 18.3 Å². The van der Waals surface area contributed by atoms with E-state index in [1.54, 1.807) is 24.3 Å². The summed E-state index contributed by atoms with van der Waals surface area (Å²) < 4.78 is 39.6. The van der Waals surface area contributed by atoms with Crippen LogP contribution in [0.4, 0.5) is 33.2 Å². The van der Waals surface area contributed by atoms with Crippen molar-refractivity contribution in [2.45, 2.75) is 0 Å². The first kappa shape index (κ1) is 20.3. The molecule has 0 radical (unpaired) electrons. The second-order valence-electron chi connectivity index (χ2n) is 5.87. The number of halogens is 2. The molecule has 3 N–H and O–H groups in total. The summed E-state index contributed by atoms with van der Waals surface area (Å²) in [5.74, 6) is -0.408. The van der Waals surface area contributed by atoms with Gasteiger partial charge in [-0.2, -0.15) is 10.2 Å². The van der Waals surface area contributed by atoms with Crippen molar-refractivity contribution >= 4 is 50.5 Å². The van der Waals surface area contributed by atoms with Gasteiger partial charge in [-0.05, 0) is 30.3 Å². The van der Waals surface area contributed by atoms with Crippen molar-refractivity contribution in [3.05, 3.63) is 65.1 Å². The van der Waals surface area contributed by atoms with E-state index in [0.29, 0.717) is 11.4 Å². The van der Waals surface area contributed by atoms with E-state index >= 15 is 0 Å². The molecule has 2 aromatic carbocycles. The minimum Gasteiger partial charge on any atom is -0.337 e. The van der Waals surface area contributed by atoms with E-state index in [4.69, 9.17) is 16.9 Å². The van der Waals surface area contributed by atoms with E-state index < -0.39 is 15.8 Å². The number of benzene rings is 2. The highest BCUT2D eigenvalue weighted by atomic mass is 35.5. The van der Waals surface area contributed by atoms with Crippen LogP contribution in [0.3, 0.4) is 0 Å². The van der Waals surface area contributed by atoms with Gasteiger partial charge in [-0.15, -0.1) is 0 Å². The van der Waals surface area contributed by atoms with Gasteiger partial charge in [-0.25, -0.2) is 17.8 Å². The zero-order valence-electron chi connectivity index (χ0n) is 14.9. The lowest BCUT2D eigenvalue weighted by Crippen LogP contribution is -2.11. The van der Waals surface area contributed by atoms with Crippen LogP contribution in [0.1, 0.15) is 5.56 Å². The summed E-state index contributed by atoms with van der Waals surface area (Å²) in [5.41, 5.74) is 0.977. The molecule has 0 aliphatic carbocycles. The van der Waals surface area contributed by atoms with Crippen molar-refractivity contribution < 1.29 is 12.8 Å². The lowest BCUT2D eigenvalue weighted by molar-refractivity contribution is 0.607. The molecule has 0 bridgehead atoms. The Morgan fingerprint density at radius 1 is 1.10 bits per heavy atom. The summed E-state index contributed by atoms with van der Waals surface area (Å²) in [7, 11) is -3.49. The third-order valence-corrected chi connectivity index (χ3v) is 4.43. The van der Waals surface area contributed by atoms with Crippen molar-refractivity contribution in [3.63, 3.8) is 0 Å². The number of hydrogen-bond donors (Lipinski definition) is 3. The maximum Gasteiger partial charge on any atom is 0.229 e. The molecule has 0 saturated carbocycles. The Hall–Kier alpha value is -3.42. The van der Waals surface area contributed by atoms with Crippen LogP contribution in [0.15, 0.2) is 48.7 Å². The lowest BCUT2D eigenvalue weighted by Gasteiger charge is -2.14. The van der Waals surface area contributed by atoms with Crippen LogP contribution < -0.4 is 15.4 Å². The maximum atomic E-state index is 14.1. The highest BCUT2D eigenvalue weighted by Crippen LogP contribution is 2.29. The molecule has 0 unspecified atom stereocenters. The third-order valence-electron chi connectivity index (χ3n) is 3.56. The average Bonchev–Trinajstić information content (AvgIpc) is 2.66. The number of hydrogen-bond acceptors (Lipinski definition) is 7. The fourth-order valence-electron chi connectivity index (χ4n) is 2.33. The first-order valence-electron chi connectivity index (χ1n) is 8.08. The monoisotopic (exact) mass is 432 g/mol. The van der Waals surface area contributed by atoms with Gasteiger partial charge in [-0.3, -0.25) is 4.72 Å². The fourth-order valence-corrected chi connectivity index (χ4v) is 3.05. The van der Waals surface area contributed by atoms with Gasteiger partial charge in [0.1, 0.15) is 10.8 Å². The van der Waals surface area contributed by atoms with Crippen LogP contribution >= 0.6 is 11.6 Å². The minimum absolute atomic E-state index is 0.0501. The van der Waals surface area contributed by atoms with Crippen LogP contribution in [0.2, 0.25) is 5.02 Å². The number of nitrogens with one attached hydrogen (secondary N) is 3. The molecule has 0 amide bonds. The Balaban J connectivity index is 1.88. The molecule has 148 valence electrons. The SMILES string of the molecule is CS(=O)(=O)Nc1ccccc1Nc1nc(Nc2ccc(C#N)cc2F)ncc1Cl. The average molecular weight is 433 g/mol. The minimum atomic E-state index is -3.49. The third kappa shape index (κ3) is 5.31. The Kier molecular flexibility index (Phi) is 5.81. The van der Waals surface area contributed by atoms with E-state index in [1.807, 2.05) is 6.07 Å². The molecule has 0 atom stereocenters. The van der Waals surface area contributed by atoms with Gasteiger partial charge in [-0.1, -0.05) is 23.7 Å². The summed E-state index contributed by atoms with van der Waals surface area (Å²) in [6.07, 6.45) is 2.35. The molecule has 8 nitrogen and oxygen atoms in total. The first-order valence-corrected chi connectivity index (χ1v) is 10.3. The van der Waals surface area contributed by atoms with Crippen LogP contribution in [-0.2, 0) is 10.0 Å². The summed E-state index contributed by atoms with van der Waals surface area (Å²) in [6.45, 7) is 0. The van der Waals surface area contributed by atoms with Crippen LogP contribution in [0.25, 0.3) is 0 Å². The van der Waals surface area contributed by atoms with Gasteiger partial charge >= 0.3 is 0 Å². The smallest absolute Gasteiger partial charge is 0.229 e.